The standard InChI is InChI=1S/C25H19FN4O2S/c1-32-14-17-21-18(26)11-7-13-20(21)33-22(17)25(31)27-19-12-6-5-10-16(19)24-28-23(29-30-24)15-8-3-2-4-9-15/h2-13H,14H2,1H3,(H,27,31)(H,28,29,30). The van der Waals surface area contributed by atoms with Crippen LogP contribution in [0.1, 0.15) is 15.2 Å². The maximum Gasteiger partial charge on any atom is 0.266 e. The van der Waals surface area contributed by atoms with Crippen LogP contribution in [0.25, 0.3) is 32.9 Å². The van der Waals surface area contributed by atoms with Gasteiger partial charge in [0, 0.05) is 33.9 Å². The van der Waals surface area contributed by atoms with E-state index in [2.05, 4.69) is 20.5 Å². The average Bonchev–Trinajstić information content (AvgIpc) is 3.47. The Kier molecular flexibility index (Phi) is 5.68. The molecule has 0 radical (unpaired) electrons. The normalized spacial score (nSPS) is 11.1. The fraction of sp³-hybridized carbons (Fsp3) is 0.0800. The van der Waals surface area contributed by atoms with Gasteiger partial charge in [-0.1, -0.05) is 48.5 Å². The zero-order valence-corrected chi connectivity index (χ0v) is 18.4. The van der Waals surface area contributed by atoms with Gasteiger partial charge in [-0.2, -0.15) is 5.10 Å². The molecule has 0 atom stereocenters. The third-order valence-electron chi connectivity index (χ3n) is 5.21. The summed E-state index contributed by atoms with van der Waals surface area (Å²) in [6, 6.07) is 21.8. The first-order chi connectivity index (χ1) is 16.2. The summed E-state index contributed by atoms with van der Waals surface area (Å²) in [6.07, 6.45) is 0. The summed E-state index contributed by atoms with van der Waals surface area (Å²) in [5, 5.41) is 10.6. The van der Waals surface area contributed by atoms with E-state index in [1.165, 1.54) is 24.5 Å². The zero-order valence-electron chi connectivity index (χ0n) is 17.6. The predicted molar refractivity (Wildman–Crippen MR) is 128 cm³/mol. The molecule has 1 amide bonds. The van der Waals surface area contributed by atoms with Crippen molar-refractivity contribution in [3.63, 3.8) is 0 Å². The molecule has 0 aliphatic heterocycles. The monoisotopic (exact) mass is 458 g/mol. The molecule has 2 N–H and O–H groups in total. The molecule has 2 aromatic heterocycles. The Morgan fingerprint density at radius 3 is 2.67 bits per heavy atom. The number of carbonyl (C=O) groups is 1. The van der Waals surface area contributed by atoms with E-state index in [1.54, 1.807) is 18.2 Å². The van der Waals surface area contributed by atoms with Gasteiger partial charge < -0.3 is 10.1 Å². The quantitative estimate of drug-likeness (QED) is 0.332. The molecule has 0 saturated carbocycles. The van der Waals surface area contributed by atoms with Crippen LogP contribution in [0.5, 0.6) is 0 Å². The van der Waals surface area contributed by atoms with E-state index in [-0.39, 0.29) is 18.3 Å². The van der Waals surface area contributed by atoms with Crippen LogP contribution in [-0.2, 0) is 11.3 Å². The Hall–Kier alpha value is -3.88. The predicted octanol–water partition coefficient (Wildman–Crippen LogP) is 5.89. The number of methoxy groups -OCH3 is 1. The summed E-state index contributed by atoms with van der Waals surface area (Å²) >= 11 is 1.24. The van der Waals surface area contributed by atoms with E-state index in [9.17, 15) is 9.18 Å². The van der Waals surface area contributed by atoms with Crippen molar-refractivity contribution >= 4 is 33.0 Å². The molecule has 0 fully saturated rings. The summed E-state index contributed by atoms with van der Waals surface area (Å²) in [4.78, 5) is 18.3. The summed E-state index contributed by atoms with van der Waals surface area (Å²) in [5.41, 5.74) is 2.69. The first-order valence-electron chi connectivity index (χ1n) is 10.2. The molecule has 3 aromatic carbocycles. The number of nitrogens with zero attached hydrogens (tertiary/aromatic N) is 2. The van der Waals surface area contributed by atoms with Gasteiger partial charge in [0.2, 0.25) is 0 Å². The Morgan fingerprint density at radius 2 is 1.85 bits per heavy atom. The smallest absolute Gasteiger partial charge is 0.266 e. The molecule has 2 heterocycles. The molecular formula is C25H19FN4O2S. The van der Waals surface area contributed by atoms with Crippen LogP contribution in [-0.4, -0.2) is 28.2 Å². The molecule has 0 spiro atoms. The number of hydrogen-bond acceptors (Lipinski definition) is 5. The number of rotatable bonds is 6. The highest BCUT2D eigenvalue weighted by atomic mass is 32.1. The minimum atomic E-state index is -0.370. The number of carbonyl (C=O) groups excluding carboxylic acids is 1. The number of aromatic amines is 1. The molecule has 8 heteroatoms. The maximum absolute atomic E-state index is 14.5. The lowest BCUT2D eigenvalue weighted by atomic mass is 10.1. The second-order valence-electron chi connectivity index (χ2n) is 7.33. The van der Waals surface area contributed by atoms with Crippen LogP contribution < -0.4 is 5.32 Å². The molecule has 164 valence electrons. The number of aromatic nitrogens is 3. The van der Waals surface area contributed by atoms with E-state index in [4.69, 9.17) is 4.74 Å². The summed E-state index contributed by atoms with van der Waals surface area (Å²) in [7, 11) is 1.52. The molecule has 5 rings (SSSR count). The van der Waals surface area contributed by atoms with Crippen LogP contribution in [0.2, 0.25) is 0 Å². The lowest BCUT2D eigenvalue weighted by Gasteiger charge is -2.10. The Balaban J connectivity index is 1.50. The second-order valence-corrected chi connectivity index (χ2v) is 8.38. The van der Waals surface area contributed by atoms with Crippen molar-refractivity contribution in [2.24, 2.45) is 0 Å². The van der Waals surface area contributed by atoms with Gasteiger partial charge in [-0.25, -0.2) is 9.37 Å². The minimum Gasteiger partial charge on any atom is -0.380 e. The molecule has 5 aromatic rings. The number of thiophene rings is 1. The number of anilines is 1. The Bertz CT molecular complexity index is 1450. The molecule has 0 unspecified atom stereocenters. The Morgan fingerprint density at radius 1 is 1.06 bits per heavy atom. The van der Waals surface area contributed by atoms with Gasteiger partial charge in [-0.05, 0) is 24.3 Å². The minimum absolute atomic E-state index is 0.133. The van der Waals surface area contributed by atoms with Gasteiger partial charge in [0.25, 0.3) is 5.91 Å². The highest BCUT2D eigenvalue weighted by Crippen LogP contribution is 2.35. The topological polar surface area (TPSA) is 79.9 Å². The second kappa shape index (κ2) is 8.93. The number of fused-ring (bicyclic) bond motifs is 1. The number of halogens is 1. The third kappa shape index (κ3) is 4.02. The van der Waals surface area contributed by atoms with Gasteiger partial charge in [-0.15, -0.1) is 11.3 Å². The maximum atomic E-state index is 14.5. The van der Waals surface area contributed by atoms with Gasteiger partial charge in [-0.3, -0.25) is 9.89 Å². The van der Waals surface area contributed by atoms with Crippen LogP contribution in [0.15, 0.2) is 72.8 Å². The zero-order chi connectivity index (χ0) is 22.8. The van der Waals surface area contributed by atoms with E-state index in [0.717, 1.165) is 5.56 Å². The van der Waals surface area contributed by atoms with Crippen LogP contribution in [0.3, 0.4) is 0 Å². The van der Waals surface area contributed by atoms with Crippen LogP contribution in [0.4, 0.5) is 10.1 Å². The van der Waals surface area contributed by atoms with Crippen LogP contribution >= 0.6 is 11.3 Å². The molecule has 0 bridgehead atoms. The first kappa shape index (κ1) is 21.0. The number of hydrogen-bond donors (Lipinski definition) is 2. The fourth-order valence-electron chi connectivity index (χ4n) is 3.71. The number of H-pyrrole nitrogens is 1. The molecule has 0 aliphatic carbocycles. The van der Waals surface area contributed by atoms with Crippen molar-refractivity contribution in [2.45, 2.75) is 6.61 Å². The highest BCUT2D eigenvalue weighted by molar-refractivity contribution is 7.21. The molecular weight excluding hydrogens is 439 g/mol. The van der Waals surface area contributed by atoms with Gasteiger partial charge >= 0.3 is 0 Å². The van der Waals surface area contributed by atoms with E-state index in [1.807, 2.05) is 48.5 Å². The van der Waals surface area contributed by atoms with E-state index < -0.39 is 0 Å². The first-order valence-corrected chi connectivity index (χ1v) is 11.0. The molecule has 33 heavy (non-hydrogen) atoms. The van der Waals surface area contributed by atoms with Crippen molar-refractivity contribution in [3.05, 3.63) is 89.1 Å². The van der Waals surface area contributed by atoms with Crippen molar-refractivity contribution in [3.8, 4) is 22.8 Å². The summed E-state index contributed by atoms with van der Waals surface area (Å²) < 4.78 is 20.5. The Labute approximate surface area is 193 Å². The van der Waals surface area contributed by atoms with Crippen molar-refractivity contribution < 1.29 is 13.9 Å². The lowest BCUT2D eigenvalue weighted by molar-refractivity contribution is 0.102. The van der Waals surface area contributed by atoms with Gasteiger partial charge in [0.15, 0.2) is 11.6 Å². The van der Waals surface area contributed by atoms with Crippen molar-refractivity contribution in [2.75, 3.05) is 12.4 Å². The van der Waals surface area contributed by atoms with E-state index in [0.29, 0.717) is 43.4 Å². The van der Waals surface area contributed by atoms with Crippen molar-refractivity contribution in [1.82, 2.24) is 15.2 Å². The van der Waals surface area contributed by atoms with Crippen molar-refractivity contribution in [1.29, 1.82) is 0 Å². The number of amides is 1. The SMILES string of the molecule is COCc1c(C(=O)Nc2ccccc2-c2nc(-c3ccccc3)n[nH]2)sc2cccc(F)c12. The number of ether oxygens (including phenoxy) is 1. The largest absolute Gasteiger partial charge is 0.380 e. The average molecular weight is 459 g/mol. The fourth-order valence-corrected chi connectivity index (χ4v) is 4.83. The highest BCUT2D eigenvalue weighted by Gasteiger charge is 2.22. The van der Waals surface area contributed by atoms with Crippen LogP contribution in [0, 0.1) is 5.82 Å². The summed E-state index contributed by atoms with van der Waals surface area (Å²) in [6.45, 7) is 0.133. The van der Waals surface area contributed by atoms with Gasteiger partial charge in [0.1, 0.15) is 5.82 Å². The number of nitrogens with one attached hydrogen (secondary N) is 2. The van der Waals surface area contributed by atoms with E-state index >= 15 is 0 Å². The molecule has 6 nitrogen and oxygen atoms in total. The molecule has 0 aliphatic rings. The number of benzene rings is 3. The summed E-state index contributed by atoms with van der Waals surface area (Å²) in [5.74, 6) is 0.390. The third-order valence-corrected chi connectivity index (χ3v) is 6.40. The molecule has 0 saturated heterocycles. The lowest BCUT2D eigenvalue weighted by Crippen LogP contribution is -2.13. The number of para-hydroxylation sites is 1. The van der Waals surface area contributed by atoms with Gasteiger partial charge in [0.05, 0.1) is 17.2 Å².